The van der Waals surface area contributed by atoms with Crippen molar-refractivity contribution in [1.29, 1.82) is 0 Å². The van der Waals surface area contributed by atoms with Crippen LogP contribution in [0.4, 0.5) is 0 Å². The largest absolute Gasteiger partial charge is 0.307 e. The van der Waals surface area contributed by atoms with Crippen LogP contribution >= 0.6 is 0 Å². The third kappa shape index (κ3) is 2.07. The predicted octanol–water partition coefficient (Wildman–Crippen LogP) is 1.50. The first-order chi connectivity index (χ1) is 5.86. The van der Waals surface area contributed by atoms with E-state index in [0.29, 0.717) is 5.78 Å². The highest BCUT2D eigenvalue weighted by molar-refractivity contribution is 5.84. The van der Waals surface area contributed by atoms with E-state index in [-0.39, 0.29) is 6.04 Å². The molecule has 68 valence electrons. The molecule has 0 bridgehead atoms. The van der Waals surface area contributed by atoms with Crippen molar-refractivity contribution in [1.82, 2.24) is 5.32 Å². The molecule has 1 atom stereocenters. The lowest BCUT2D eigenvalue weighted by Gasteiger charge is -2.07. The Hall–Kier alpha value is -0.370. The van der Waals surface area contributed by atoms with Crippen LogP contribution in [0.15, 0.2) is 0 Å². The van der Waals surface area contributed by atoms with Crippen LogP contribution in [-0.4, -0.2) is 18.4 Å². The van der Waals surface area contributed by atoms with Crippen molar-refractivity contribution in [3.05, 3.63) is 0 Å². The van der Waals surface area contributed by atoms with Gasteiger partial charge in [0.1, 0.15) is 5.78 Å². The van der Waals surface area contributed by atoms with Gasteiger partial charge in [-0.3, -0.25) is 4.79 Å². The molecule has 2 rings (SSSR count). The molecule has 2 nitrogen and oxygen atoms in total. The van der Waals surface area contributed by atoms with E-state index < -0.39 is 0 Å². The first-order valence-electron chi connectivity index (χ1n) is 5.12. The molecule has 2 heteroatoms. The first kappa shape index (κ1) is 8.24. The molecule has 1 saturated heterocycles. The Balaban J connectivity index is 1.67. The highest BCUT2D eigenvalue weighted by Crippen LogP contribution is 2.33. The molecule has 0 aromatic carbocycles. The van der Waals surface area contributed by atoms with E-state index in [0.717, 1.165) is 31.7 Å². The van der Waals surface area contributed by atoms with Crippen LogP contribution in [-0.2, 0) is 4.79 Å². The van der Waals surface area contributed by atoms with Crippen molar-refractivity contribution >= 4 is 5.78 Å². The van der Waals surface area contributed by atoms with Crippen molar-refractivity contribution in [3.63, 3.8) is 0 Å². The topological polar surface area (TPSA) is 29.1 Å². The third-order valence-electron chi connectivity index (χ3n) is 2.94. The van der Waals surface area contributed by atoms with Gasteiger partial charge in [-0.05, 0) is 31.7 Å². The van der Waals surface area contributed by atoms with E-state index in [1.165, 1.54) is 19.3 Å². The monoisotopic (exact) mass is 167 g/mol. The number of ketones is 1. The minimum atomic E-state index is 0.212. The Bertz CT molecular complexity index is 169. The Morgan fingerprint density at radius 1 is 1.33 bits per heavy atom. The van der Waals surface area contributed by atoms with Gasteiger partial charge in [0.15, 0.2) is 0 Å². The molecular weight excluding hydrogens is 150 g/mol. The van der Waals surface area contributed by atoms with E-state index >= 15 is 0 Å². The van der Waals surface area contributed by atoms with Crippen molar-refractivity contribution in [2.24, 2.45) is 5.92 Å². The van der Waals surface area contributed by atoms with Crippen LogP contribution in [0.5, 0.6) is 0 Å². The van der Waals surface area contributed by atoms with Crippen LogP contribution < -0.4 is 5.32 Å². The summed E-state index contributed by atoms with van der Waals surface area (Å²) in [6.07, 6.45) is 6.96. The van der Waals surface area contributed by atoms with Crippen LogP contribution in [0, 0.1) is 5.92 Å². The van der Waals surface area contributed by atoms with Gasteiger partial charge in [-0.1, -0.05) is 12.8 Å². The van der Waals surface area contributed by atoms with E-state index in [2.05, 4.69) is 5.32 Å². The molecular formula is C10H17NO. The number of Topliss-reactive ketones (excluding diaryl/α,β-unsaturated/α-hetero) is 1. The lowest BCUT2D eigenvalue weighted by molar-refractivity contribution is -0.120. The van der Waals surface area contributed by atoms with E-state index in [9.17, 15) is 4.79 Å². The summed E-state index contributed by atoms with van der Waals surface area (Å²) in [4.78, 5) is 11.5. The van der Waals surface area contributed by atoms with Crippen molar-refractivity contribution in [2.75, 3.05) is 6.54 Å². The van der Waals surface area contributed by atoms with Crippen LogP contribution in [0.3, 0.4) is 0 Å². The van der Waals surface area contributed by atoms with Gasteiger partial charge >= 0.3 is 0 Å². The van der Waals surface area contributed by atoms with Crippen molar-refractivity contribution in [3.8, 4) is 0 Å². The summed E-state index contributed by atoms with van der Waals surface area (Å²) in [6, 6.07) is 0.212. The van der Waals surface area contributed by atoms with Gasteiger partial charge in [-0.15, -0.1) is 0 Å². The molecule has 1 saturated carbocycles. The number of rotatable bonds is 4. The zero-order valence-electron chi connectivity index (χ0n) is 7.51. The molecule has 1 unspecified atom stereocenters. The third-order valence-corrected chi connectivity index (χ3v) is 2.94. The van der Waals surface area contributed by atoms with Gasteiger partial charge in [0, 0.05) is 6.42 Å². The summed E-state index contributed by atoms with van der Waals surface area (Å²) >= 11 is 0. The zero-order chi connectivity index (χ0) is 8.39. The minimum Gasteiger partial charge on any atom is -0.307 e. The van der Waals surface area contributed by atoms with Gasteiger partial charge in [-0.25, -0.2) is 0 Å². The van der Waals surface area contributed by atoms with Crippen LogP contribution in [0.2, 0.25) is 0 Å². The highest BCUT2D eigenvalue weighted by atomic mass is 16.1. The fourth-order valence-corrected chi connectivity index (χ4v) is 1.89. The van der Waals surface area contributed by atoms with E-state index in [1.807, 2.05) is 0 Å². The second-order valence-corrected chi connectivity index (χ2v) is 4.10. The minimum absolute atomic E-state index is 0.212. The first-order valence-corrected chi connectivity index (χ1v) is 5.12. The molecule has 0 radical (unpaired) electrons. The molecule has 2 fully saturated rings. The van der Waals surface area contributed by atoms with E-state index in [1.54, 1.807) is 0 Å². The number of carbonyl (C=O) groups is 1. The number of nitrogens with one attached hydrogen (secondary N) is 1. The maximum atomic E-state index is 11.5. The Labute approximate surface area is 73.7 Å². The summed E-state index contributed by atoms with van der Waals surface area (Å²) in [6.45, 7) is 1.04. The van der Waals surface area contributed by atoms with Gasteiger partial charge in [0.25, 0.3) is 0 Å². The average Bonchev–Trinajstić information content (AvgIpc) is 2.74. The Morgan fingerprint density at radius 3 is 2.75 bits per heavy atom. The van der Waals surface area contributed by atoms with Crippen LogP contribution in [0.1, 0.15) is 38.5 Å². The van der Waals surface area contributed by atoms with Gasteiger partial charge < -0.3 is 5.32 Å². The SMILES string of the molecule is O=C(CCC1CC1)C1CCCN1. The van der Waals surface area contributed by atoms with Gasteiger partial charge in [0.05, 0.1) is 6.04 Å². The van der Waals surface area contributed by atoms with E-state index in [4.69, 9.17) is 0 Å². The predicted molar refractivity (Wildman–Crippen MR) is 48.0 cm³/mol. The molecule has 0 aromatic rings. The zero-order valence-corrected chi connectivity index (χ0v) is 7.51. The highest BCUT2D eigenvalue weighted by Gasteiger charge is 2.25. The fraction of sp³-hybridized carbons (Fsp3) is 0.900. The average molecular weight is 167 g/mol. The number of hydrogen-bond acceptors (Lipinski definition) is 2. The lowest BCUT2D eigenvalue weighted by Crippen LogP contribution is -2.30. The molecule has 1 aliphatic carbocycles. The maximum Gasteiger partial charge on any atom is 0.149 e. The maximum absolute atomic E-state index is 11.5. The Morgan fingerprint density at radius 2 is 2.17 bits per heavy atom. The Kier molecular flexibility index (Phi) is 2.45. The molecule has 0 amide bonds. The summed E-state index contributed by atoms with van der Waals surface area (Å²) in [5.41, 5.74) is 0. The number of carbonyl (C=O) groups excluding carboxylic acids is 1. The summed E-state index contributed by atoms with van der Waals surface area (Å²) in [7, 11) is 0. The van der Waals surface area contributed by atoms with Gasteiger partial charge in [-0.2, -0.15) is 0 Å². The smallest absolute Gasteiger partial charge is 0.149 e. The second kappa shape index (κ2) is 3.56. The molecule has 2 aliphatic rings. The molecule has 0 spiro atoms. The quantitative estimate of drug-likeness (QED) is 0.687. The van der Waals surface area contributed by atoms with Crippen LogP contribution in [0.25, 0.3) is 0 Å². The molecule has 12 heavy (non-hydrogen) atoms. The van der Waals surface area contributed by atoms with Crippen molar-refractivity contribution < 1.29 is 4.79 Å². The standard InChI is InChI=1S/C10H17NO/c12-10(6-5-8-3-4-8)9-2-1-7-11-9/h8-9,11H,1-7H2. The van der Waals surface area contributed by atoms with Crippen molar-refractivity contribution in [2.45, 2.75) is 44.6 Å². The normalized spacial score (nSPS) is 29.2. The summed E-state index contributed by atoms with van der Waals surface area (Å²) in [5, 5.41) is 3.25. The molecule has 0 aromatic heterocycles. The lowest BCUT2D eigenvalue weighted by atomic mass is 10.0. The summed E-state index contributed by atoms with van der Waals surface area (Å²) < 4.78 is 0. The van der Waals surface area contributed by atoms with Gasteiger partial charge in [0.2, 0.25) is 0 Å². The number of hydrogen-bond donors (Lipinski definition) is 1. The fourth-order valence-electron chi connectivity index (χ4n) is 1.89. The molecule has 1 N–H and O–H groups in total. The summed E-state index contributed by atoms with van der Waals surface area (Å²) in [5.74, 6) is 1.36. The molecule has 1 heterocycles. The molecule has 1 aliphatic heterocycles. The second-order valence-electron chi connectivity index (χ2n) is 4.10.